The van der Waals surface area contributed by atoms with Crippen LogP contribution in [-0.4, -0.2) is 20.0 Å². The van der Waals surface area contributed by atoms with Gasteiger partial charge in [-0.3, -0.25) is 0 Å². The summed E-state index contributed by atoms with van der Waals surface area (Å²) in [6.45, 7) is 0. The van der Waals surface area contributed by atoms with Crippen LogP contribution in [0.5, 0.6) is 11.5 Å². The van der Waals surface area contributed by atoms with Crippen LogP contribution in [0.25, 0.3) is 0 Å². The van der Waals surface area contributed by atoms with E-state index in [4.69, 9.17) is 9.47 Å². The van der Waals surface area contributed by atoms with Crippen LogP contribution in [-0.2, 0) is 0 Å². The zero-order chi connectivity index (χ0) is 14.7. The Morgan fingerprint density at radius 2 is 1.95 bits per heavy atom. The van der Waals surface area contributed by atoms with Crippen molar-refractivity contribution in [3.63, 3.8) is 0 Å². The minimum Gasteiger partial charge on any atom is -0.497 e. The smallest absolute Gasteiger partial charge is 0.145 e. The molecule has 2 aromatic rings. The topological polar surface area (TPSA) is 30.5 Å². The van der Waals surface area contributed by atoms with Gasteiger partial charge in [-0.05, 0) is 30.2 Å². The summed E-state index contributed by atoms with van der Waals surface area (Å²) in [6.07, 6.45) is 1.11. The van der Waals surface area contributed by atoms with E-state index in [2.05, 4.69) is 29.6 Å². The highest BCUT2D eigenvalue weighted by Crippen LogP contribution is 2.39. The lowest BCUT2D eigenvalue weighted by molar-refractivity contribution is 0.395. The molecule has 1 atom stereocenters. The van der Waals surface area contributed by atoms with Crippen LogP contribution < -0.4 is 14.8 Å². The predicted octanol–water partition coefficient (Wildman–Crippen LogP) is 4.35. The molecule has 1 heterocycles. The second-order valence-corrected chi connectivity index (χ2v) is 6.07. The van der Waals surface area contributed by atoms with E-state index < -0.39 is 0 Å². The maximum atomic E-state index is 5.47. The Kier molecular flexibility index (Phi) is 4.25. The molecule has 110 valence electrons. The molecule has 4 heteroatoms. The maximum Gasteiger partial charge on any atom is 0.145 e. The quantitative estimate of drug-likeness (QED) is 0.909. The normalized spacial score (nSPS) is 17.0. The van der Waals surface area contributed by atoms with Crippen molar-refractivity contribution in [2.75, 3.05) is 25.3 Å². The zero-order valence-corrected chi connectivity index (χ0v) is 13.1. The molecule has 1 N–H and O–H groups in total. The predicted molar refractivity (Wildman–Crippen MR) is 87.7 cm³/mol. The number of benzene rings is 2. The number of thioether (sulfide) groups is 1. The highest BCUT2D eigenvalue weighted by atomic mass is 32.2. The molecule has 1 aliphatic heterocycles. The van der Waals surface area contributed by atoms with Crippen LogP contribution >= 0.6 is 11.8 Å². The van der Waals surface area contributed by atoms with Crippen LogP contribution in [0.1, 0.15) is 18.0 Å². The van der Waals surface area contributed by atoms with Gasteiger partial charge in [0.1, 0.15) is 11.5 Å². The molecule has 0 aliphatic carbocycles. The lowest BCUT2D eigenvalue weighted by Crippen LogP contribution is -2.16. The molecule has 0 saturated carbocycles. The van der Waals surface area contributed by atoms with Crippen molar-refractivity contribution < 1.29 is 9.47 Å². The van der Waals surface area contributed by atoms with E-state index in [-0.39, 0.29) is 0 Å². The summed E-state index contributed by atoms with van der Waals surface area (Å²) in [5, 5.41) is 3.61. The monoisotopic (exact) mass is 301 g/mol. The maximum absolute atomic E-state index is 5.47. The van der Waals surface area contributed by atoms with Crippen LogP contribution in [0.3, 0.4) is 0 Å². The first-order valence-electron chi connectivity index (χ1n) is 7.02. The van der Waals surface area contributed by atoms with E-state index in [1.165, 1.54) is 10.5 Å². The lowest BCUT2D eigenvalue weighted by atomic mass is 10.0. The molecule has 0 aromatic heterocycles. The molecule has 0 spiro atoms. The van der Waals surface area contributed by atoms with Crippen molar-refractivity contribution in [2.24, 2.45) is 0 Å². The molecule has 0 amide bonds. The van der Waals surface area contributed by atoms with Crippen LogP contribution in [0.2, 0.25) is 0 Å². The summed E-state index contributed by atoms with van der Waals surface area (Å²) >= 11 is 1.93. The van der Waals surface area contributed by atoms with Gasteiger partial charge in [0.05, 0.1) is 25.9 Å². The van der Waals surface area contributed by atoms with Gasteiger partial charge in [-0.25, -0.2) is 0 Å². The highest BCUT2D eigenvalue weighted by molar-refractivity contribution is 7.99. The minimum absolute atomic E-state index is 0.324. The molecular weight excluding hydrogens is 282 g/mol. The number of nitrogens with one attached hydrogen (secondary N) is 1. The van der Waals surface area contributed by atoms with Gasteiger partial charge in [-0.15, -0.1) is 11.8 Å². The zero-order valence-electron chi connectivity index (χ0n) is 12.3. The average molecular weight is 301 g/mol. The fourth-order valence-corrected chi connectivity index (χ4v) is 3.72. The number of fused-ring (bicyclic) bond motifs is 1. The lowest BCUT2D eigenvalue weighted by Gasteiger charge is -2.27. The fourth-order valence-electron chi connectivity index (χ4n) is 2.60. The average Bonchev–Trinajstić information content (AvgIpc) is 2.55. The Hall–Kier alpha value is -1.81. The van der Waals surface area contributed by atoms with Crippen LogP contribution in [0.15, 0.2) is 47.4 Å². The molecule has 0 saturated heterocycles. The van der Waals surface area contributed by atoms with E-state index in [0.717, 1.165) is 29.4 Å². The third-order valence-electron chi connectivity index (χ3n) is 3.70. The summed E-state index contributed by atoms with van der Waals surface area (Å²) in [4.78, 5) is 1.37. The molecular formula is C17H19NO2S. The Morgan fingerprint density at radius 1 is 1.10 bits per heavy atom. The summed E-state index contributed by atoms with van der Waals surface area (Å²) in [6, 6.07) is 14.8. The van der Waals surface area contributed by atoms with Crippen molar-refractivity contribution in [1.29, 1.82) is 0 Å². The van der Waals surface area contributed by atoms with Crippen molar-refractivity contribution in [2.45, 2.75) is 17.4 Å². The molecule has 3 rings (SSSR count). The summed E-state index contributed by atoms with van der Waals surface area (Å²) < 4.78 is 10.7. The number of ether oxygens (including phenoxy) is 2. The molecule has 0 bridgehead atoms. The molecule has 0 radical (unpaired) electrons. The van der Waals surface area contributed by atoms with Gasteiger partial charge in [-0.2, -0.15) is 0 Å². The van der Waals surface area contributed by atoms with Crippen molar-refractivity contribution >= 4 is 17.4 Å². The van der Waals surface area contributed by atoms with Crippen LogP contribution in [0, 0.1) is 0 Å². The second-order valence-electron chi connectivity index (χ2n) is 4.94. The van der Waals surface area contributed by atoms with E-state index >= 15 is 0 Å². The van der Waals surface area contributed by atoms with E-state index in [9.17, 15) is 0 Å². The SMILES string of the molecule is COc1ccc(NC2CCSc3ccccc32)c(OC)c1. The number of anilines is 1. The van der Waals surface area contributed by atoms with Gasteiger partial charge in [0.2, 0.25) is 0 Å². The largest absolute Gasteiger partial charge is 0.497 e. The molecule has 0 fully saturated rings. The molecule has 2 aromatic carbocycles. The summed E-state index contributed by atoms with van der Waals surface area (Å²) in [5.41, 5.74) is 2.37. The summed E-state index contributed by atoms with van der Waals surface area (Å²) in [5.74, 6) is 2.75. The minimum atomic E-state index is 0.324. The van der Waals surface area contributed by atoms with Gasteiger partial charge in [0.25, 0.3) is 0 Å². The van der Waals surface area contributed by atoms with Crippen molar-refractivity contribution in [3.05, 3.63) is 48.0 Å². The van der Waals surface area contributed by atoms with Gasteiger partial charge >= 0.3 is 0 Å². The Labute approximate surface area is 129 Å². The van der Waals surface area contributed by atoms with Gasteiger partial charge < -0.3 is 14.8 Å². The number of hydrogen-bond donors (Lipinski definition) is 1. The van der Waals surface area contributed by atoms with Gasteiger partial charge in [0.15, 0.2) is 0 Å². The van der Waals surface area contributed by atoms with Gasteiger partial charge in [-0.1, -0.05) is 18.2 Å². The number of hydrogen-bond acceptors (Lipinski definition) is 4. The Bertz CT molecular complexity index is 630. The summed E-state index contributed by atoms with van der Waals surface area (Å²) in [7, 11) is 3.35. The van der Waals surface area contributed by atoms with Crippen molar-refractivity contribution in [1.82, 2.24) is 0 Å². The molecule has 3 nitrogen and oxygen atoms in total. The first-order chi connectivity index (χ1) is 10.3. The first-order valence-corrected chi connectivity index (χ1v) is 8.00. The van der Waals surface area contributed by atoms with E-state index in [0.29, 0.717) is 6.04 Å². The standard InChI is InChI=1S/C17H19NO2S/c1-19-12-7-8-15(16(11-12)20-2)18-14-9-10-21-17-6-4-3-5-13(14)17/h3-8,11,14,18H,9-10H2,1-2H3. The van der Waals surface area contributed by atoms with E-state index in [1.54, 1.807) is 14.2 Å². The molecule has 1 aliphatic rings. The second kappa shape index (κ2) is 6.31. The molecule has 21 heavy (non-hydrogen) atoms. The third kappa shape index (κ3) is 2.95. The molecule has 1 unspecified atom stereocenters. The first kappa shape index (κ1) is 14.1. The third-order valence-corrected chi connectivity index (χ3v) is 4.82. The Morgan fingerprint density at radius 3 is 2.76 bits per heavy atom. The number of rotatable bonds is 4. The van der Waals surface area contributed by atoms with Gasteiger partial charge in [0, 0.05) is 16.7 Å². The highest BCUT2D eigenvalue weighted by Gasteiger charge is 2.21. The van der Waals surface area contributed by atoms with Crippen molar-refractivity contribution in [3.8, 4) is 11.5 Å². The Balaban J connectivity index is 1.88. The van der Waals surface area contributed by atoms with E-state index in [1.807, 2.05) is 30.0 Å². The fraction of sp³-hybridized carbons (Fsp3) is 0.294. The van der Waals surface area contributed by atoms with Crippen LogP contribution in [0.4, 0.5) is 5.69 Å². The number of methoxy groups -OCH3 is 2.